The van der Waals surface area contributed by atoms with E-state index in [1.807, 2.05) is 0 Å². The first kappa shape index (κ1) is 8.49. The average molecular weight is 171 g/mol. The van der Waals surface area contributed by atoms with Crippen LogP contribution in [0.3, 0.4) is 0 Å². The molecule has 2 rings (SSSR count). The van der Waals surface area contributed by atoms with E-state index in [4.69, 9.17) is 0 Å². The normalized spacial score (nSPS) is 42.0. The first-order valence-electron chi connectivity index (χ1n) is 5.16. The van der Waals surface area contributed by atoms with Crippen LogP contribution in [0, 0.1) is 0 Å². The lowest BCUT2D eigenvalue weighted by Crippen LogP contribution is -2.37. The summed E-state index contributed by atoms with van der Waals surface area (Å²) in [5, 5.41) is 0. The van der Waals surface area contributed by atoms with Gasteiger partial charge in [0.2, 0.25) is 0 Å². The Morgan fingerprint density at radius 3 is 3.17 bits per heavy atom. The maximum Gasteiger partial charge on any atom is 0.115 e. The van der Waals surface area contributed by atoms with Crippen molar-refractivity contribution < 1.29 is 4.39 Å². The van der Waals surface area contributed by atoms with Crippen molar-refractivity contribution in [3.8, 4) is 0 Å². The van der Waals surface area contributed by atoms with E-state index in [-0.39, 0.29) is 5.54 Å². The van der Waals surface area contributed by atoms with Crippen LogP contribution in [0.5, 0.6) is 0 Å². The monoisotopic (exact) mass is 171 g/mol. The smallest absolute Gasteiger partial charge is 0.115 e. The number of alkyl halides is 1. The highest BCUT2D eigenvalue weighted by Gasteiger charge is 2.47. The second kappa shape index (κ2) is 2.99. The summed E-state index contributed by atoms with van der Waals surface area (Å²) in [6, 6.07) is 0. The molecule has 2 aliphatic rings. The van der Waals surface area contributed by atoms with Gasteiger partial charge in [-0.3, -0.25) is 4.90 Å². The highest BCUT2D eigenvalue weighted by Crippen LogP contribution is 2.42. The zero-order valence-corrected chi connectivity index (χ0v) is 7.85. The van der Waals surface area contributed by atoms with E-state index >= 15 is 0 Å². The predicted molar refractivity (Wildman–Crippen MR) is 48.0 cm³/mol. The lowest BCUT2D eigenvalue weighted by atomic mass is 9.89. The minimum Gasteiger partial charge on any atom is -0.295 e. The summed E-state index contributed by atoms with van der Waals surface area (Å²) in [6.45, 7) is 4.05. The molecule has 2 heteroatoms. The van der Waals surface area contributed by atoms with Crippen LogP contribution >= 0.6 is 0 Å². The Hall–Kier alpha value is -0.110. The van der Waals surface area contributed by atoms with Gasteiger partial charge in [0.1, 0.15) is 6.17 Å². The quantitative estimate of drug-likeness (QED) is 0.616. The Kier molecular flexibility index (Phi) is 2.11. The van der Waals surface area contributed by atoms with Gasteiger partial charge in [0, 0.05) is 12.1 Å². The molecule has 12 heavy (non-hydrogen) atoms. The van der Waals surface area contributed by atoms with E-state index in [0.717, 1.165) is 13.0 Å². The minimum atomic E-state index is -0.545. The fraction of sp³-hybridized carbons (Fsp3) is 1.00. The lowest BCUT2D eigenvalue weighted by Gasteiger charge is -2.31. The molecule has 2 saturated heterocycles. The van der Waals surface area contributed by atoms with Crippen LogP contribution in [0.15, 0.2) is 0 Å². The number of fused-ring (bicyclic) bond motifs is 1. The molecule has 0 saturated carbocycles. The Morgan fingerprint density at radius 1 is 1.58 bits per heavy atom. The maximum absolute atomic E-state index is 13.2. The molecule has 2 fully saturated rings. The number of nitrogens with zero attached hydrogens (tertiary/aromatic N) is 1. The first-order valence-corrected chi connectivity index (χ1v) is 5.16. The van der Waals surface area contributed by atoms with Crippen molar-refractivity contribution in [1.82, 2.24) is 4.90 Å². The van der Waals surface area contributed by atoms with Crippen molar-refractivity contribution in [1.29, 1.82) is 0 Å². The molecule has 0 spiro atoms. The molecule has 70 valence electrons. The van der Waals surface area contributed by atoms with Crippen LogP contribution in [-0.2, 0) is 0 Å². The highest BCUT2D eigenvalue weighted by atomic mass is 19.1. The first-order chi connectivity index (χ1) is 5.77. The lowest BCUT2D eigenvalue weighted by molar-refractivity contribution is 0.181. The van der Waals surface area contributed by atoms with Gasteiger partial charge in [-0.2, -0.15) is 0 Å². The van der Waals surface area contributed by atoms with Crippen LogP contribution in [0.2, 0.25) is 0 Å². The van der Waals surface area contributed by atoms with E-state index in [0.29, 0.717) is 6.54 Å². The van der Waals surface area contributed by atoms with E-state index in [2.05, 4.69) is 11.8 Å². The van der Waals surface area contributed by atoms with Crippen molar-refractivity contribution in [3.63, 3.8) is 0 Å². The van der Waals surface area contributed by atoms with Gasteiger partial charge in [-0.15, -0.1) is 0 Å². The van der Waals surface area contributed by atoms with Gasteiger partial charge in [0.05, 0.1) is 0 Å². The van der Waals surface area contributed by atoms with Crippen molar-refractivity contribution in [3.05, 3.63) is 0 Å². The Labute approximate surface area is 73.9 Å². The molecule has 0 N–H and O–H groups in total. The molecule has 0 radical (unpaired) electrons. The number of hydrogen-bond acceptors (Lipinski definition) is 1. The minimum absolute atomic E-state index is 0.286. The largest absolute Gasteiger partial charge is 0.295 e. The van der Waals surface area contributed by atoms with E-state index in [1.54, 1.807) is 0 Å². The van der Waals surface area contributed by atoms with Gasteiger partial charge in [0.15, 0.2) is 0 Å². The van der Waals surface area contributed by atoms with E-state index < -0.39 is 6.17 Å². The Balaban J connectivity index is 2.09. The van der Waals surface area contributed by atoms with Crippen LogP contribution in [-0.4, -0.2) is 29.7 Å². The molecule has 0 aliphatic carbocycles. The van der Waals surface area contributed by atoms with Crippen LogP contribution in [0.4, 0.5) is 4.39 Å². The fourth-order valence-electron chi connectivity index (χ4n) is 3.08. The Bertz CT molecular complexity index is 171. The molecule has 1 nitrogen and oxygen atoms in total. The summed E-state index contributed by atoms with van der Waals surface area (Å²) in [7, 11) is 0. The molecule has 0 aromatic carbocycles. The predicted octanol–water partition coefficient (Wildman–Crippen LogP) is 2.36. The van der Waals surface area contributed by atoms with Crippen LogP contribution in [0.25, 0.3) is 0 Å². The van der Waals surface area contributed by atoms with Crippen LogP contribution in [0.1, 0.15) is 39.0 Å². The third-order valence-corrected chi connectivity index (χ3v) is 3.48. The maximum atomic E-state index is 13.2. The van der Waals surface area contributed by atoms with Gasteiger partial charge in [-0.25, -0.2) is 4.39 Å². The number of hydrogen-bond donors (Lipinski definition) is 0. The van der Waals surface area contributed by atoms with Crippen molar-refractivity contribution in [2.75, 3.05) is 13.1 Å². The van der Waals surface area contributed by atoms with Gasteiger partial charge in [-0.05, 0) is 32.2 Å². The zero-order valence-electron chi connectivity index (χ0n) is 7.85. The van der Waals surface area contributed by atoms with E-state index in [9.17, 15) is 4.39 Å². The average Bonchev–Trinajstić information content (AvgIpc) is 2.44. The topological polar surface area (TPSA) is 3.24 Å². The zero-order chi connectivity index (χ0) is 8.60. The van der Waals surface area contributed by atoms with E-state index in [1.165, 1.54) is 25.7 Å². The van der Waals surface area contributed by atoms with Crippen molar-refractivity contribution in [2.24, 2.45) is 0 Å². The molecule has 0 aromatic heterocycles. The molecule has 0 bridgehead atoms. The molecule has 0 aromatic rings. The number of rotatable bonds is 2. The summed E-state index contributed by atoms with van der Waals surface area (Å²) in [5.41, 5.74) is 0.286. The summed E-state index contributed by atoms with van der Waals surface area (Å²) in [5.74, 6) is 0. The third-order valence-electron chi connectivity index (χ3n) is 3.48. The summed E-state index contributed by atoms with van der Waals surface area (Å²) < 4.78 is 13.2. The standard InChI is InChI=1S/C10H18FN/c1-2-4-10-5-3-6-12(10)8-9(11)7-10/h9H,2-8H2,1H3/t9-,10+/m1/s1. The Morgan fingerprint density at radius 2 is 2.42 bits per heavy atom. The molecule has 2 heterocycles. The molecule has 0 amide bonds. The van der Waals surface area contributed by atoms with Gasteiger partial charge in [0.25, 0.3) is 0 Å². The number of halogens is 1. The SMILES string of the molecule is CCC[C@@]12CCCN1C[C@H](F)C2. The van der Waals surface area contributed by atoms with Gasteiger partial charge >= 0.3 is 0 Å². The summed E-state index contributed by atoms with van der Waals surface area (Å²) in [4.78, 5) is 2.39. The molecule has 0 unspecified atom stereocenters. The van der Waals surface area contributed by atoms with Gasteiger partial charge < -0.3 is 0 Å². The second-order valence-electron chi connectivity index (χ2n) is 4.33. The highest BCUT2D eigenvalue weighted by molar-refractivity contribution is 5.02. The van der Waals surface area contributed by atoms with Crippen molar-refractivity contribution in [2.45, 2.75) is 50.7 Å². The fourth-order valence-corrected chi connectivity index (χ4v) is 3.08. The molecule has 2 atom stereocenters. The third kappa shape index (κ3) is 1.17. The van der Waals surface area contributed by atoms with Crippen molar-refractivity contribution >= 4 is 0 Å². The van der Waals surface area contributed by atoms with Gasteiger partial charge in [-0.1, -0.05) is 13.3 Å². The summed E-state index contributed by atoms with van der Waals surface area (Å²) in [6.07, 6.45) is 5.18. The molecular weight excluding hydrogens is 153 g/mol. The summed E-state index contributed by atoms with van der Waals surface area (Å²) >= 11 is 0. The molecule has 2 aliphatic heterocycles. The molecular formula is C10H18FN. The van der Waals surface area contributed by atoms with Crippen LogP contribution < -0.4 is 0 Å². The second-order valence-corrected chi connectivity index (χ2v) is 4.33.